The monoisotopic (exact) mass is 403 g/mol. The summed E-state index contributed by atoms with van der Waals surface area (Å²) < 4.78 is 11.5. The molecule has 0 aromatic heterocycles. The van der Waals surface area contributed by atoms with Crippen molar-refractivity contribution in [2.75, 3.05) is 18.0 Å². The zero-order valence-corrected chi connectivity index (χ0v) is 17.4. The summed E-state index contributed by atoms with van der Waals surface area (Å²) >= 11 is 0. The van der Waals surface area contributed by atoms with E-state index in [1.54, 1.807) is 6.92 Å². The number of nitriles is 2. The van der Waals surface area contributed by atoms with Gasteiger partial charge in [-0.15, -0.1) is 0 Å². The number of carbonyl (C=O) groups excluding carboxylic acids is 1. The molecule has 0 saturated carbocycles. The Morgan fingerprint density at radius 2 is 1.83 bits per heavy atom. The highest BCUT2D eigenvalue weighted by Gasteiger charge is 2.33. The molecule has 0 amide bonds. The molecule has 3 aliphatic rings. The summed E-state index contributed by atoms with van der Waals surface area (Å²) in [5.41, 5.74) is 3.56. The lowest BCUT2D eigenvalue weighted by Crippen LogP contribution is -2.34. The molecule has 0 saturated heterocycles. The van der Waals surface area contributed by atoms with Crippen molar-refractivity contribution in [3.63, 3.8) is 0 Å². The number of allylic oxidation sites excluding steroid dienone is 3. The summed E-state index contributed by atoms with van der Waals surface area (Å²) in [7, 11) is 0. The van der Waals surface area contributed by atoms with E-state index in [9.17, 15) is 15.3 Å². The molecule has 0 spiro atoms. The highest BCUT2D eigenvalue weighted by molar-refractivity contribution is 5.67. The maximum Gasteiger partial charge on any atom is 0.303 e. The van der Waals surface area contributed by atoms with Crippen LogP contribution in [0, 0.1) is 28.1 Å². The van der Waals surface area contributed by atoms with Gasteiger partial charge in [-0.3, -0.25) is 4.79 Å². The predicted molar refractivity (Wildman–Crippen MR) is 111 cm³/mol. The number of hydrogen-bond donors (Lipinski definition) is 0. The third-order valence-electron chi connectivity index (χ3n) is 5.90. The van der Waals surface area contributed by atoms with Crippen LogP contribution in [0.15, 0.2) is 35.8 Å². The number of nitrogens with zero attached hydrogens (tertiary/aromatic N) is 3. The fourth-order valence-corrected chi connectivity index (χ4v) is 4.76. The topological polar surface area (TPSA) is 86.3 Å². The number of benzene rings is 1. The Morgan fingerprint density at radius 3 is 2.40 bits per heavy atom. The van der Waals surface area contributed by atoms with Crippen LogP contribution in [0.4, 0.5) is 5.69 Å². The van der Waals surface area contributed by atoms with E-state index in [2.05, 4.69) is 17.0 Å². The highest BCUT2D eigenvalue weighted by atomic mass is 16.5. The summed E-state index contributed by atoms with van der Waals surface area (Å²) in [5.74, 6) is 0.592. The van der Waals surface area contributed by atoms with E-state index in [0.717, 1.165) is 44.3 Å². The number of rotatable bonds is 4. The van der Waals surface area contributed by atoms with Crippen LogP contribution in [0.1, 0.15) is 55.9 Å². The van der Waals surface area contributed by atoms with Gasteiger partial charge in [-0.25, -0.2) is 0 Å². The van der Waals surface area contributed by atoms with E-state index in [-0.39, 0.29) is 12.4 Å². The Bertz CT molecular complexity index is 980. The molecule has 6 heteroatoms. The van der Waals surface area contributed by atoms with Gasteiger partial charge in [-0.05, 0) is 61.4 Å². The minimum Gasteiger partial charge on any atom is -0.467 e. The largest absolute Gasteiger partial charge is 0.467 e. The van der Waals surface area contributed by atoms with Crippen LogP contribution in [-0.4, -0.2) is 19.1 Å². The van der Waals surface area contributed by atoms with E-state index < -0.39 is 11.5 Å². The van der Waals surface area contributed by atoms with Crippen molar-refractivity contribution in [2.24, 2.45) is 5.41 Å². The second-order valence-corrected chi connectivity index (χ2v) is 8.24. The summed E-state index contributed by atoms with van der Waals surface area (Å²) in [4.78, 5) is 14.3. The molecule has 6 nitrogen and oxygen atoms in total. The van der Waals surface area contributed by atoms with Gasteiger partial charge in [0, 0.05) is 32.1 Å². The Morgan fingerprint density at radius 1 is 1.20 bits per heavy atom. The molecule has 1 aromatic carbocycles. The molecule has 0 aliphatic carbocycles. The average Bonchev–Trinajstić information content (AvgIpc) is 2.73. The molecule has 1 aromatic rings. The standard InChI is InChI=1S/C24H25N3O3/c1-16-12-24(14-25,15-26)13-21(29-16)11-22(30-17(2)28)20-9-18-5-3-7-27-8-4-6-19(10-20)23(18)27/h9-10,12-13,22H,3-8,11H2,1-2H3. The second-order valence-electron chi connectivity index (χ2n) is 8.24. The van der Waals surface area contributed by atoms with Gasteiger partial charge in [0.05, 0.1) is 17.9 Å². The SMILES string of the molecule is CC(=O)OC(CC1=CC(C#N)(C#N)C=C(C)O1)c1cc2c3c(c1)CCCN3CCC2. The first kappa shape index (κ1) is 20.0. The molecule has 1 unspecified atom stereocenters. The van der Waals surface area contributed by atoms with E-state index >= 15 is 0 Å². The fraction of sp³-hybridized carbons (Fsp3) is 0.458. The van der Waals surface area contributed by atoms with Gasteiger partial charge in [0.2, 0.25) is 0 Å². The predicted octanol–water partition coefficient (Wildman–Crippen LogP) is 4.23. The number of hydrogen-bond acceptors (Lipinski definition) is 6. The molecule has 0 fully saturated rings. The van der Waals surface area contributed by atoms with E-state index in [1.807, 2.05) is 12.1 Å². The van der Waals surface area contributed by atoms with E-state index in [0.29, 0.717) is 11.5 Å². The molecule has 4 rings (SSSR count). The van der Waals surface area contributed by atoms with Crippen molar-refractivity contribution in [3.8, 4) is 12.1 Å². The number of ether oxygens (including phenoxy) is 2. The van der Waals surface area contributed by atoms with E-state index in [4.69, 9.17) is 9.47 Å². The van der Waals surface area contributed by atoms with E-state index in [1.165, 1.54) is 35.9 Å². The molecule has 0 bridgehead atoms. The third-order valence-corrected chi connectivity index (χ3v) is 5.90. The lowest BCUT2D eigenvalue weighted by atomic mass is 9.86. The molecule has 154 valence electrons. The minimum atomic E-state index is -1.36. The maximum absolute atomic E-state index is 11.9. The smallest absolute Gasteiger partial charge is 0.303 e. The second kappa shape index (κ2) is 7.88. The van der Waals surface area contributed by atoms with Gasteiger partial charge in [0.25, 0.3) is 0 Å². The minimum absolute atomic E-state index is 0.276. The molecule has 30 heavy (non-hydrogen) atoms. The first-order valence-electron chi connectivity index (χ1n) is 10.4. The molecular weight excluding hydrogens is 378 g/mol. The van der Waals surface area contributed by atoms with Crippen molar-refractivity contribution in [1.82, 2.24) is 0 Å². The molecule has 3 heterocycles. The summed E-state index contributed by atoms with van der Waals surface area (Å²) in [6, 6.07) is 8.39. The highest BCUT2D eigenvalue weighted by Crippen LogP contribution is 2.40. The maximum atomic E-state index is 11.9. The molecular formula is C24H25N3O3. The average molecular weight is 403 g/mol. The summed E-state index contributed by atoms with van der Waals surface area (Å²) in [5, 5.41) is 19.0. The van der Waals surface area contributed by atoms with Gasteiger partial charge in [-0.2, -0.15) is 10.5 Å². The number of carbonyl (C=O) groups is 1. The van der Waals surface area contributed by atoms with Crippen LogP contribution in [-0.2, 0) is 27.1 Å². The van der Waals surface area contributed by atoms with Gasteiger partial charge >= 0.3 is 5.97 Å². The number of anilines is 1. The lowest BCUT2D eigenvalue weighted by molar-refractivity contribution is -0.147. The van der Waals surface area contributed by atoms with Gasteiger partial charge in [0.15, 0.2) is 5.41 Å². The van der Waals surface area contributed by atoms with Crippen molar-refractivity contribution < 1.29 is 14.3 Å². The summed E-state index contributed by atoms with van der Waals surface area (Å²) in [6.45, 7) is 5.31. The van der Waals surface area contributed by atoms with Gasteiger partial charge in [-0.1, -0.05) is 12.1 Å². The Balaban J connectivity index is 1.70. The van der Waals surface area contributed by atoms with Crippen molar-refractivity contribution in [3.05, 3.63) is 52.5 Å². The van der Waals surface area contributed by atoms with Crippen molar-refractivity contribution in [1.29, 1.82) is 10.5 Å². The van der Waals surface area contributed by atoms with Crippen molar-refractivity contribution >= 4 is 11.7 Å². The summed E-state index contributed by atoms with van der Waals surface area (Å²) in [6.07, 6.45) is 7.07. The van der Waals surface area contributed by atoms with Crippen LogP contribution >= 0.6 is 0 Å². The Labute approximate surface area is 177 Å². The number of esters is 1. The zero-order chi connectivity index (χ0) is 21.3. The Hall–Kier alpha value is -3.25. The fourth-order valence-electron chi connectivity index (χ4n) is 4.76. The van der Waals surface area contributed by atoms with Crippen LogP contribution in [0.2, 0.25) is 0 Å². The normalized spacial score (nSPS) is 19.8. The van der Waals surface area contributed by atoms with Crippen LogP contribution < -0.4 is 4.90 Å². The zero-order valence-electron chi connectivity index (χ0n) is 17.4. The molecule has 0 N–H and O–H groups in total. The van der Waals surface area contributed by atoms with Crippen molar-refractivity contribution in [2.45, 2.75) is 52.1 Å². The van der Waals surface area contributed by atoms with Crippen LogP contribution in [0.5, 0.6) is 0 Å². The third kappa shape index (κ3) is 3.78. The first-order valence-corrected chi connectivity index (χ1v) is 10.4. The van der Waals surface area contributed by atoms with Crippen LogP contribution in [0.3, 0.4) is 0 Å². The Kier molecular flexibility index (Phi) is 5.26. The van der Waals surface area contributed by atoms with Gasteiger partial charge in [0.1, 0.15) is 11.9 Å². The first-order chi connectivity index (χ1) is 14.4. The van der Waals surface area contributed by atoms with Gasteiger partial charge < -0.3 is 14.4 Å². The quantitative estimate of drug-likeness (QED) is 0.699. The number of aryl methyl sites for hydroxylation is 2. The molecule has 3 aliphatic heterocycles. The lowest BCUT2D eigenvalue weighted by Gasteiger charge is -2.37. The molecule has 0 radical (unpaired) electrons. The van der Waals surface area contributed by atoms with Crippen LogP contribution in [0.25, 0.3) is 0 Å². The molecule has 1 atom stereocenters.